The van der Waals surface area contributed by atoms with Gasteiger partial charge in [-0.2, -0.15) is 0 Å². The van der Waals surface area contributed by atoms with E-state index in [4.69, 9.17) is 9.47 Å². The molecule has 0 spiro atoms. The van der Waals surface area contributed by atoms with Crippen LogP contribution in [0.3, 0.4) is 0 Å². The van der Waals surface area contributed by atoms with Crippen molar-refractivity contribution in [2.45, 2.75) is 51.7 Å². The van der Waals surface area contributed by atoms with Crippen LogP contribution in [0.1, 0.15) is 45.1 Å². The second kappa shape index (κ2) is 9.04. The lowest BCUT2D eigenvalue weighted by molar-refractivity contribution is -0.150. The lowest BCUT2D eigenvalue weighted by Gasteiger charge is -2.37. The SMILES string of the molecule is CCCOc1ccc(CN2CCC(O)(CC(=O)OCC)CC2)cc1. The fourth-order valence-corrected chi connectivity index (χ4v) is 2.95. The summed E-state index contributed by atoms with van der Waals surface area (Å²) in [5, 5.41) is 10.5. The molecule has 0 saturated carbocycles. The van der Waals surface area contributed by atoms with E-state index in [0.29, 0.717) is 19.4 Å². The van der Waals surface area contributed by atoms with Gasteiger partial charge in [-0.3, -0.25) is 9.69 Å². The topological polar surface area (TPSA) is 59.0 Å². The highest BCUT2D eigenvalue weighted by Gasteiger charge is 2.34. The summed E-state index contributed by atoms with van der Waals surface area (Å²) in [6.45, 7) is 7.39. The number of nitrogens with zero attached hydrogens (tertiary/aromatic N) is 1. The van der Waals surface area contributed by atoms with E-state index in [2.05, 4.69) is 24.0 Å². The normalized spacial score (nSPS) is 17.5. The molecule has 5 heteroatoms. The molecule has 24 heavy (non-hydrogen) atoms. The van der Waals surface area contributed by atoms with Crippen molar-refractivity contribution in [3.05, 3.63) is 29.8 Å². The summed E-state index contributed by atoms with van der Waals surface area (Å²) in [6, 6.07) is 8.19. The third-order valence-corrected chi connectivity index (χ3v) is 4.37. The van der Waals surface area contributed by atoms with E-state index in [1.165, 1.54) is 5.56 Å². The molecule has 0 aliphatic carbocycles. The molecule has 0 atom stereocenters. The molecule has 1 fully saturated rings. The average molecular weight is 335 g/mol. The van der Waals surface area contributed by atoms with Crippen LogP contribution in [0, 0.1) is 0 Å². The first-order chi connectivity index (χ1) is 11.5. The Balaban J connectivity index is 1.79. The molecule has 0 unspecified atom stereocenters. The number of likely N-dealkylation sites (tertiary alicyclic amines) is 1. The van der Waals surface area contributed by atoms with Gasteiger partial charge < -0.3 is 14.6 Å². The van der Waals surface area contributed by atoms with Crippen molar-refractivity contribution in [2.24, 2.45) is 0 Å². The fourth-order valence-electron chi connectivity index (χ4n) is 2.95. The summed E-state index contributed by atoms with van der Waals surface area (Å²) in [5.74, 6) is 0.596. The van der Waals surface area contributed by atoms with Crippen LogP contribution in [-0.4, -0.2) is 47.9 Å². The van der Waals surface area contributed by atoms with Crippen molar-refractivity contribution in [3.63, 3.8) is 0 Å². The van der Waals surface area contributed by atoms with Crippen molar-refractivity contribution < 1.29 is 19.4 Å². The number of hydrogen-bond acceptors (Lipinski definition) is 5. The molecule has 0 aromatic heterocycles. The van der Waals surface area contributed by atoms with Crippen LogP contribution in [-0.2, 0) is 16.1 Å². The van der Waals surface area contributed by atoms with Crippen LogP contribution in [0.2, 0.25) is 0 Å². The zero-order valence-corrected chi connectivity index (χ0v) is 14.8. The van der Waals surface area contributed by atoms with Gasteiger partial charge in [0.15, 0.2) is 0 Å². The summed E-state index contributed by atoms with van der Waals surface area (Å²) < 4.78 is 10.5. The first-order valence-electron chi connectivity index (χ1n) is 8.87. The number of carbonyl (C=O) groups excluding carboxylic acids is 1. The predicted molar refractivity (Wildman–Crippen MR) is 92.9 cm³/mol. The van der Waals surface area contributed by atoms with Crippen molar-refractivity contribution >= 4 is 5.97 Å². The van der Waals surface area contributed by atoms with Crippen molar-refractivity contribution in [1.82, 2.24) is 4.90 Å². The van der Waals surface area contributed by atoms with Crippen molar-refractivity contribution in [1.29, 1.82) is 0 Å². The third-order valence-electron chi connectivity index (χ3n) is 4.37. The maximum absolute atomic E-state index is 11.6. The molecule has 1 heterocycles. The van der Waals surface area contributed by atoms with E-state index in [9.17, 15) is 9.90 Å². The predicted octanol–water partition coefficient (Wildman–Crippen LogP) is 2.76. The number of piperidine rings is 1. The number of hydrogen-bond donors (Lipinski definition) is 1. The molecular weight excluding hydrogens is 306 g/mol. The van der Waals surface area contributed by atoms with Crippen LogP contribution < -0.4 is 4.74 Å². The van der Waals surface area contributed by atoms with Crippen LogP contribution in [0.25, 0.3) is 0 Å². The molecule has 1 N–H and O–H groups in total. The smallest absolute Gasteiger partial charge is 0.308 e. The molecule has 0 amide bonds. The minimum atomic E-state index is -0.916. The number of esters is 1. The van der Waals surface area contributed by atoms with E-state index in [-0.39, 0.29) is 12.4 Å². The Hall–Kier alpha value is -1.59. The summed E-state index contributed by atoms with van der Waals surface area (Å²) >= 11 is 0. The average Bonchev–Trinajstić information content (AvgIpc) is 2.56. The van der Waals surface area contributed by atoms with Gasteiger partial charge in [0.05, 0.1) is 25.2 Å². The first-order valence-corrected chi connectivity index (χ1v) is 8.87. The summed E-state index contributed by atoms with van der Waals surface area (Å²) in [7, 11) is 0. The minimum absolute atomic E-state index is 0.0954. The van der Waals surface area contributed by atoms with Crippen LogP contribution in [0.5, 0.6) is 5.75 Å². The maximum Gasteiger partial charge on any atom is 0.308 e. The maximum atomic E-state index is 11.6. The molecular formula is C19H29NO4. The quantitative estimate of drug-likeness (QED) is 0.740. The van der Waals surface area contributed by atoms with Crippen LogP contribution in [0.4, 0.5) is 0 Å². The van der Waals surface area contributed by atoms with Gasteiger partial charge in [-0.05, 0) is 43.9 Å². The van der Waals surface area contributed by atoms with Crippen molar-refractivity contribution in [3.8, 4) is 5.75 Å². The Morgan fingerprint density at radius 2 is 1.88 bits per heavy atom. The lowest BCUT2D eigenvalue weighted by Crippen LogP contribution is -2.45. The fraction of sp³-hybridized carbons (Fsp3) is 0.632. The molecule has 0 bridgehead atoms. The van der Waals surface area contributed by atoms with Gasteiger partial charge in [0.25, 0.3) is 0 Å². The Kier molecular flexibility index (Phi) is 7.06. The summed E-state index contributed by atoms with van der Waals surface area (Å²) in [6.07, 6.45) is 2.30. The highest BCUT2D eigenvalue weighted by molar-refractivity contribution is 5.70. The summed E-state index contributed by atoms with van der Waals surface area (Å²) in [4.78, 5) is 13.9. The minimum Gasteiger partial charge on any atom is -0.494 e. The number of carbonyl (C=O) groups is 1. The number of ether oxygens (including phenoxy) is 2. The Morgan fingerprint density at radius 1 is 1.21 bits per heavy atom. The van der Waals surface area contributed by atoms with Crippen LogP contribution in [0.15, 0.2) is 24.3 Å². The van der Waals surface area contributed by atoms with Gasteiger partial charge in [0, 0.05) is 19.6 Å². The molecule has 134 valence electrons. The molecule has 2 rings (SSSR count). The van der Waals surface area contributed by atoms with E-state index in [1.807, 2.05) is 12.1 Å². The zero-order chi connectivity index (χ0) is 17.4. The highest BCUT2D eigenvalue weighted by Crippen LogP contribution is 2.27. The molecule has 0 radical (unpaired) electrons. The second-order valence-corrected chi connectivity index (χ2v) is 6.47. The molecule has 1 aliphatic rings. The summed E-state index contributed by atoms with van der Waals surface area (Å²) in [5.41, 5.74) is 0.315. The van der Waals surface area contributed by atoms with Gasteiger partial charge in [-0.1, -0.05) is 19.1 Å². The van der Waals surface area contributed by atoms with Gasteiger partial charge in [-0.25, -0.2) is 0 Å². The number of aliphatic hydroxyl groups is 1. The van der Waals surface area contributed by atoms with Crippen LogP contribution >= 0.6 is 0 Å². The second-order valence-electron chi connectivity index (χ2n) is 6.47. The molecule has 1 aliphatic heterocycles. The van der Waals surface area contributed by atoms with Gasteiger partial charge in [-0.15, -0.1) is 0 Å². The lowest BCUT2D eigenvalue weighted by atomic mass is 9.88. The van der Waals surface area contributed by atoms with Gasteiger partial charge in [0.2, 0.25) is 0 Å². The third kappa shape index (κ3) is 5.80. The van der Waals surface area contributed by atoms with Gasteiger partial charge in [0.1, 0.15) is 5.75 Å². The van der Waals surface area contributed by atoms with E-state index in [1.54, 1.807) is 6.92 Å². The Morgan fingerprint density at radius 3 is 2.46 bits per heavy atom. The van der Waals surface area contributed by atoms with E-state index in [0.717, 1.165) is 38.4 Å². The standard InChI is InChI=1S/C19H29NO4/c1-3-13-24-17-7-5-16(6-8-17)15-20-11-9-19(22,10-12-20)14-18(21)23-4-2/h5-8,22H,3-4,9-15H2,1-2H3. The Bertz CT molecular complexity index is 507. The number of benzene rings is 1. The largest absolute Gasteiger partial charge is 0.494 e. The van der Waals surface area contributed by atoms with E-state index < -0.39 is 5.60 Å². The number of rotatable bonds is 8. The molecule has 5 nitrogen and oxygen atoms in total. The van der Waals surface area contributed by atoms with Crippen molar-refractivity contribution in [2.75, 3.05) is 26.3 Å². The van der Waals surface area contributed by atoms with E-state index >= 15 is 0 Å². The monoisotopic (exact) mass is 335 g/mol. The zero-order valence-electron chi connectivity index (χ0n) is 14.8. The molecule has 1 aromatic carbocycles. The molecule has 1 aromatic rings. The molecule has 1 saturated heterocycles. The highest BCUT2D eigenvalue weighted by atomic mass is 16.5. The first kappa shape index (κ1) is 18.7. The van der Waals surface area contributed by atoms with Gasteiger partial charge >= 0.3 is 5.97 Å². The Labute approximate surface area is 144 Å².